The van der Waals surface area contributed by atoms with E-state index >= 15 is 0 Å². The molecule has 1 aliphatic rings. The fourth-order valence-electron chi connectivity index (χ4n) is 3.47. The molecule has 12 heteroatoms. The van der Waals surface area contributed by atoms with Crippen LogP contribution in [-0.2, 0) is 19.0 Å². The zero-order valence-electron chi connectivity index (χ0n) is 17.4. The first-order valence-electron chi connectivity index (χ1n) is 9.49. The first-order valence-corrected chi connectivity index (χ1v) is 9.49. The van der Waals surface area contributed by atoms with Crippen molar-refractivity contribution >= 4 is 11.9 Å². The van der Waals surface area contributed by atoms with E-state index in [2.05, 4.69) is 0 Å². The van der Waals surface area contributed by atoms with Crippen LogP contribution in [0.15, 0.2) is 34.0 Å². The lowest BCUT2D eigenvalue weighted by Gasteiger charge is -2.24. The molecule has 0 radical (unpaired) electrons. The van der Waals surface area contributed by atoms with E-state index in [1.807, 2.05) is 4.98 Å². The standard InChI is InChI=1S/C20H22N2O10/c1-9-6-11(29-3)7-12(25)15(9)19(27)32-16-13(8-23)31-18(17(16)30-10(2)24)22-5-4-14(26)21-20(22)28/h4-7,13,16-18,23,25H,8H2,1-3H3,(H,21,26,28). The van der Waals surface area contributed by atoms with Crippen molar-refractivity contribution in [3.8, 4) is 11.5 Å². The Hall–Kier alpha value is -3.64. The first kappa shape index (κ1) is 23.0. The first-order chi connectivity index (χ1) is 15.2. The highest BCUT2D eigenvalue weighted by Gasteiger charge is 2.50. The number of hydrogen-bond acceptors (Lipinski definition) is 10. The molecule has 0 bridgehead atoms. The van der Waals surface area contributed by atoms with Crippen molar-refractivity contribution in [3.05, 3.63) is 56.4 Å². The number of nitrogens with one attached hydrogen (secondary N) is 1. The van der Waals surface area contributed by atoms with Gasteiger partial charge < -0.3 is 29.2 Å². The Labute approximate surface area is 180 Å². The molecule has 172 valence electrons. The van der Waals surface area contributed by atoms with Crippen molar-refractivity contribution in [2.45, 2.75) is 38.4 Å². The van der Waals surface area contributed by atoms with E-state index in [1.54, 1.807) is 6.92 Å². The van der Waals surface area contributed by atoms with Gasteiger partial charge in [0.05, 0.1) is 13.7 Å². The molecule has 1 aromatic heterocycles. The van der Waals surface area contributed by atoms with Crippen molar-refractivity contribution in [2.24, 2.45) is 0 Å². The Kier molecular flexibility index (Phi) is 6.65. The van der Waals surface area contributed by atoms with Gasteiger partial charge in [-0.1, -0.05) is 0 Å². The van der Waals surface area contributed by atoms with Gasteiger partial charge in [-0.25, -0.2) is 9.59 Å². The summed E-state index contributed by atoms with van der Waals surface area (Å²) in [5.74, 6) is -1.81. The van der Waals surface area contributed by atoms with Crippen LogP contribution < -0.4 is 16.0 Å². The molecule has 1 saturated heterocycles. The van der Waals surface area contributed by atoms with Crippen molar-refractivity contribution in [1.82, 2.24) is 9.55 Å². The van der Waals surface area contributed by atoms with Crippen LogP contribution >= 0.6 is 0 Å². The Bertz CT molecular complexity index is 1110. The quantitative estimate of drug-likeness (QED) is 0.493. The number of benzene rings is 1. The van der Waals surface area contributed by atoms with Gasteiger partial charge in [-0.3, -0.25) is 19.1 Å². The summed E-state index contributed by atoms with van der Waals surface area (Å²) in [6.45, 7) is 2.02. The van der Waals surface area contributed by atoms with E-state index < -0.39 is 60.1 Å². The maximum absolute atomic E-state index is 12.9. The third-order valence-electron chi connectivity index (χ3n) is 4.86. The minimum atomic E-state index is -1.34. The lowest BCUT2D eigenvalue weighted by Crippen LogP contribution is -2.42. The van der Waals surface area contributed by atoms with E-state index in [9.17, 15) is 29.4 Å². The van der Waals surface area contributed by atoms with Crippen molar-refractivity contribution < 1.29 is 38.7 Å². The van der Waals surface area contributed by atoms with Crippen LogP contribution in [-0.4, -0.2) is 63.7 Å². The number of phenolic OH excluding ortho intramolecular Hbond substituents is 1. The number of nitrogens with zero attached hydrogens (tertiary/aromatic N) is 1. The fraction of sp³-hybridized carbons (Fsp3) is 0.400. The number of ether oxygens (including phenoxy) is 4. The van der Waals surface area contributed by atoms with Crippen LogP contribution in [0, 0.1) is 6.92 Å². The predicted molar refractivity (Wildman–Crippen MR) is 106 cm³/mol. The number of aromatic amines is 1. The van der Waals surface area contributed by atoms with Gasteiger partial charge in [0.15, 0.2) is 18.4 Å². The van der Waals surface area contributed by atoms with E-state index in [-0.39, 0.29) is 5.56 Å². The van der Waals surface area contributed by atoms with Crippen LogP contribution in [0.5, 0.6) is 11.5 Å². The van der Waals surface area contributed by atoms with Crippen LogP contribution in [0.2, 0.25) is 0 Å². The van der Waals surface area contributed by atoms with Gasteiger partial charge in [0, 0.05) is 25.3 Å². The molecule has 4 atom stereocenters. The number of aliphatic hydroxyl groups is 1. The number of aromatic hydroxyl groups is 1. The molecule has 0 spiro atoms. The molecule has 3 N–H and O–H groups in total. The van der Waals surface area contributed by atoms with E-state index in [1.165, 1.54) is 19.2 Å². The van der Waals surface area contributed by atoms with Crippen LogP contribution in [0.3, 0.4) is 0 Å². The summed E-state index contributed by atoms with van der Waals surface area (Å²) in [4.78, 5) is 50.2. The average Bonchev–Trinajstić information content (AvgIpc) is 3.03. The van der Waals surface area contributed by atoms with Crippen molar-refractivity contribution in [1.29, 1.82) is 0 Å². The number of aromatic nitrogens is 2. The third-order valence-corrected chi connectivity index (χ3v) is 4.86. The number of aryl methyl sites for hydroxylation is 1. The Morgan fingerprint density at radius 2 is 1.94 bits per heavy atom. The highest BCUT2D eigenvalue weighted by Crippen LogP contribution is 2.35. The summed E-state index contributed by atoms with van der Waals surface area (Å²) in [6, 6.07) is 3.79. The molecular weight excluding hydrogens is 428 g/mol. The molecule has 32 heavy (non-hydrogen) atoms. The van der Waals surface area contributed by atoms with Gasteiger partial charge in [-0.15, -0.1) is 0 Å². The number of aliphatic hydroxyl groups excluding tert-OH is 1. The molecule has 0 amide bonds. The second-order valence-corrected chi connectivity index (χ2v) is 7.05. The third kappa shape index (κ3) is 4.50. The van der Waals surface area contributed by atoms with E-state index in [0.29, 0.717) is 11.3 Å². The number of esters is 2. The summed E-state index contributed by atoms with van der Waals surface area (Å²) >= 11 is 0. The highest BCUT2D eigenvalue weighted by molar-refractivity contribution is 5.94. The number of phenols is 1. The van der Waals surface area contributed by atoms with Gasteiger partial charge in [-0.05, 0) is 18.6 Å². The molecule has 0 saturated carbocycles. The molecule has 0 aliphatic carbocycles. The largest absolute Gasteiger partial charge is 0.507 e. The number of carbonyl (C=O) groups excluding carboxylic acids is 2. The zero-order valence-corrected chi connectivity index (χ0v) is 17.4. The number of hydrogen-bond donors (Lipinski definition) is 3. The van der Waals surface area contributed by atoms with Crippen molar-refractivity contribution in [3.63, 3.8) is 0 Å². The van der Waals surface area contributed by atoms with Gasteiger partial charge in [0.2, 0.25) is 0 Å². The van der Waals surface area contributed by atoms with Gasteiger partial charge in [0.1, 0.15) is 23.2 Å². The average molecular weight is 450 g/mol. The van der Waals surface area contributed by atoms with E-state index in [0.717, 1.165) is 23.8 Å². The van der Waals surface area contributed by atoms with Gasteiger partial charge >= 0.3 is 17.6 Å². The Balaban J connectivity index is 1.98. The summed E-state index contributed by atoms with van der Waals surface area (Å²) in [7, 11) is 1.40. The van der Waals surface area contributed by atoms with Gasteiger partial charge in [0.25, 0.3) is 5.56 Å². The Morgan fingerprint density at radius 3 is 2.50 bits per heavy atom. The van der Waals surface area contributed by atoms with Crippen LogP contribution in [0.4, 0.5) is 0 Å². The number of H-pyrrole nitrogens is 1. The summed E-state index contributed by atoms with van der Waals surface area (Å²) < 4.78 is 22.4. The molecule has 3 rings (SSSR count). The number of carbonyl (C=O) groups is 2. The normalized spacial score (nSPS) is 22.4. The molecule has 1 fully saturated rings. The molecule has 2 heterocycles. The molecule has 2 aromatic rings. The van der Waals surface area contributed by atoms with Crippen LogP contribution in [0.1, 0.15) is 29.1 Å². The topological polar surface area (TPSA) is 166 Å². The molecular formula is C20H22N2O10. The monoisotopic (exact) mass is 450 g/mol. The Morgan fingerprint density at radius 1 is 1.22 bits per heavy atom. The lowest BCUT2D eigenvalue weighted by atomic mass is 10.1. The minimum absolute atomic E-state index is 0.159. The predicted octanol–water partition coefficient (Wildman–Crippen LogP) is -0.394. The maximum Gasteiger partial charge on any atom is 0.342 e. The summed E-state index contributed by atoms with van der Waals surface area (Å²) in [5.41, 5.74) is -1.31. The second-order valence-electron chi connectivity index (χ2n) is 7.05. The fourth-order valence-corrected chi connectivity index (χ4v) is 3.47. The SMILES string of the molecule is COc1cc(C)c(C(=O)OC2C(CO)OC(n3ccc(=O)[nH]c3=O)C2OC(C)=O)c(O)c1. The smallest absolute Gasteiger partial charge is 0.342 e. The number of rotatable bonds is 6. The maximum atomic E-state index is 12.9. The molecule has 4 unspecified atom stereocenters. The number of methoxy groups -OCH3 is 1. The molecule has 12 nitrogen and oxygen atoms in total. The summed E-state index contributed by atoms with van der Waals surface area (Å²) in [5, 5.41) is 20.0. The van der Waals surface area contributed by atoms with E-state index in [4.69, 9.17) is 18.9 Å². The molecule has 1 aromatic carbocycles. The lowest BCUT2D eigenvalue weighted by molar-refractivity contribution is -0.156. The zero-order chi connectivity index (χ0) is 23.6. The summed E-state index contributed by atoms with van der Waals surface area (Å²) in [6.07, 6.45) is -4.02. The minimum Gasteiger partial charge on any atom is -0.507 e. The van der Waals surface area contributed by atoms with Gasteiger partial charge in [-0.2, -0.15) is 0 Å². The van der Waals surface area contributed by atoms with Crippen LogP contribution in [0.25, 0.3) is 0 Å². The second kappa shape index (κ2) is 9.24. The highest BCUT2D eigenvalue weighted by atomic mass is 16.6. The van der Waals surface area contributed by atoms with Crippen molar-refractivity contribution in [2.75, 3.05) is 13.7 Å². The molecule has 1 aliphatic heterocycles.